The lowest BCUT2D eigenvalue weighted by Crippen LogP contribution is -2.31. The number of sulfonamides is 1. The highest BCUT2D eigenvalue weighted by atomic mass is 32.2. The number of rotatable bonds is 6. The van der Waals surface area contributed by atoms with E-state index in [0.717, 1.165) is 11.6 Å². The summed E-state index contributed by atoms with van der Waals surface area (Å²) in [6.07, 6.45) is 0. The molecule has 0 radical (unpaired) electrons. The molecule has 124 valence electrons. The van der Waals surface area contributed by atoms with Crippen molar-refractivity contribution >= 4 is 18.1 Å². The molecule has 1 fully saturated rings. The molecule has 1 unspecified atom stereocenters. The highest BCUT2D eigenvalue weighted by Crippen LogP contribution is 2.59. The fourth-order valence-electron chi connectivity index (χ4n) is 3.05. The molecular weight excluding hydrogens is 310 g/mol. The first-order chi connectivity index (χ1) is 10.00. The highest BCUT2D eigenvalue weighted by Gasteiger charge is 2.66. The van der Waals surface area contributed by atoms with Gasteiger partial charge in [-0.3, -0.25) is 0 Å². The molecule has 1 aliphatic rings. The van der Waals surface area contributed by atoms with Crippen molar-refractivity contribution < 1.29 is 8.42 Å². The van der Waals surface area contributed by atoms with Crippen LogP contribution >= 0.6 is 0 Å². The molecular formula is C17H29NO2SSi. The van der Waals surface area contributed by atoms with Crippen LogP contribution in [-0.2, 0) is 10.0 Å². The average molecular weight is 340 g/mol. The minimum atomic E-state index is -3.20. The van der Waals surface area contributed by atoms with Crippen LogP contribution in [0.3, 0.4) is 0 Å². The van der Waals surface area contributed by atoms with Gasteiger partial charge < -0.3 is 0 Å². The van der Waals surface area contributed by atoms with E-state index in [1.807, 2.05) is 30.3 Å². The zero-order valence-electron chi connectivity index (χ0n) is 14.6. The Balaban J connectivity index is 2.29. The van der Waals surface area contributed by atoms with E-state index in [2.05, 4.69) is 40.4 Å². The van der Waals surface area contributed by atoms with Crippen LogP contribution in [0.2, 0.25) is 25.7 Å². The van der Waals surface area contributed by atoms with E-state index in [9.17, 15) is 8.42 Å². The Hall–Kier alpha value is -0.653. The molecule has 1 heterocycles. The third-order valence-corrected chi connectivity index (χ3v) is 8.93. The van der Waals surface area contributed by atoms with Crippen LogP contribution in [0.15, 0.2) is 30.3 Å². The summed E-state index contributed by atoms with van der Waals surface area (Å²) >= 11 is 0. The van der Waals surface area contributed by atoms with Gasteiger partial charge in [-0.2, -0.15) is 4.31 Å². The maximum absolute atomic E-state index is 12.9. The van der Waals surface area contributed by atoms with Crippen molar-refractivity contribution in [2.45, 2.75) is 58.0 Å². The summed E-state index contributed by atoms with van der Waals surface area (Å²) in [5.41, 5.74) is 0.815. The van der Waals surface area contributed by atoms with Gasteiger partial charge in [-0.1, -0.05) is 63.8 Å². The van der Waals surface area contributed by atoms with Crippen LogP contribution in [-0.4, -0.2) is 32.1 Å². The van der Waals surface area contributed by atoms with Crippen LogP contribution in [0.4, 0.5) is 0 Å². The monoisotopic (exact) mass is 339 g/mol. The Morgan fingerprint density at radius 1 is 1.18 bits per heavy atom. The van der Waals surface area contributed by atoms with Crippen molar-refractivity contribution in [3.8, 4) is 0 Å². The van der Waals surface area contributed by atoms with Crippen molar-refractivity contribution in [1.82, 2.24) is 4.31 Å². The molecule has 3 nitrogen and oxygen atoms in total. The van der Waals surface area contributed by atoms with Gasteiger partial charge in [-0.15, -0.1) is 0 Å². The molecule has 0 aliphatic carbocycles. The topological polar surface area (TPSA) is 37.1 Å². The summed E-state index contributed by atoms with van der Waals surface area (Å²) < 4.78 is 27.5. The van der Waals surface area contributed by atoms with Gasteiger partial charge in [-0.05, 0) is 24.4 Å². The van der Waals surface area contributed by atoms with Crippen molar-refractivity contribution in [1.29, 1.82) is 0 Å². The molecule has 2 rings (SSSR count). The fourth-order valence-corrected chi connectivity index (χ4v) is 8.24. The summed E-state index contributed by atoms with van der Waals surface area (Å²) in [5.74, 6) is 0.577. The lowest BCUT2D eigenvalue weighted by atomic mass is 9.91. The Kier molecular flexibility index (Phi) is 4.64. The lowest BCUT2D eigenvalue weighted by Gasteiger charge is -2.19. The smallest absolute Gasteiger partial charge is 0.212 e. The number of nitrogens with zero attached hydrogens (tertiary/aromatic N) is 1. The zero-order chi connectivity index (χ0) is 16.8. The van der Waals surface area contributed by atoms with Gasteiger partial charge >= 0.3 is 0 Å². The largest absolute Gasteiger partial charge is 0.215 e. The van der Waals surface area contributed by atoms with E-state index in [0.29, 0.717) is 5.92 Å². The average Bonchev–Trinajstić information content (AvgIpc) is 3.06. The van der Waals surface area contributed by atoms with E-state index in [1.165, 1.54) is 0 Å². The molecule has 0 bridgehead atoms. The minimum Gasteiger partial charge on any atom is -0.212 e. The van der Waals surface area contributed by atoms with Gasteiger partial charge in [0.15, 0.2) is 0 Å². The van der Waals surface area contributed by atoms with E-state index < -0.39 is 18.1 Å². The first-order valence-electron chi connectivity index (χ1n) is 8.07. The van der Waals surface area contributed by atoms with E-state index in [1.54, 1.807) is 4.31 Å². The van der Waals surface area contributed by atoms with Crippen LogP contribution < -0.4 is 0 Å². The van der Waals surface area contributed by atoms with Gasteiger partial charge in [0.2, 0.25) is 10.0 Å². The number of benzene rings is 1. The summed E-state index contributed by atoms with van der Waals surface area (Å²) in [4.78, 5) is 0. The SMILES string of the molecule is CC(C)[C@]1(C)[C@@H](c2ccccc2)N1S(=O)(=O)CC[Si](C)(C)C. The Morgan fingerprint density at radius 2 is 1.73 bits per heavy atom. The van der Waals surface area contributed by atoms with Crippen LogP contribution in [0.5, 0.6) is 0 Å². The number of hydrogen-bond donors (Lipinski definition) is 0. The maximum Gasteiger partial charge on any atom is 0.215 e. The van der Waals surface area contributed by atoms with Crippen LogP contribution in [0.1, 0.15) is 32.4 Å². The van der Waals surface area contributed by atoms with Crippen molar-refractivity contribution in [2.24, 2.45) is 5.92 Å². The van der Waals surface area contributed by atoms with Gasteiger partial charge in [0.05, 0.1) is 17.3 Å². The zero-order valence-corrected chi connectivity index (χ0v) is 16.4. The second-order valence-corrected chi connectivity index (χ2v) is 15.7. The van der Waals surface area contributed by atoms with Crippen LogP contribution in [0.25, 0.3) is 0 Å². The molecule has 3 atom stereocenters. The van der Waals surface area contributed by atoms with Gasteiger partial charge in [0.25, 0.3) is 0 Å². The minimum absolute atomic E-state index is 0.0136. The second-order valence-electron chi connectivity index (χ2n) is 8.12. The van der Waals surface area contributed by atoms with Gasteiger partial charge in [0.1, 0.15) is 0 Å². The highest BCUT2D eigenvalue weighted by molar-refractivity contribution is 7.89. The predicted molar refractivity (Wildman–Crippen MR) is 96.2 cm³/mol. The standard InChI is InChI=1S/C17H29NO2SSi/c1-14(2)17(3)16(15-10-8-7-9-11-15)18(17)21(19,20)12-13-22(4,5)6/h7-11,14,16H,12-13H2,1-6H3/t16-,17-,18?/m1/s1. The summed E-state index contributed by atoms with van der Waals surface area (Å²) in [7, 11) is -4.57. The first-order valence-corrected chi connectivity index (χ1v) is 13.4. The molecule has 1 aromatic rings. The first kappa shape index (κ1) is 17.7. The molecule has 5 heteroatoms. The molecule has 0 aromatic heterocycles. The fraction of sp³-hybridized carbons (Fsp3) is 0.647. The Morgan fingerprint density at radius 3 is 2.18 bits per heavy atom. The summed E-state index contributed by atoms with van der Waals surface area (Å²) in [6, 6.07) is 10.8. The molecule has 0 N–H and O–H groups in total. The summed E-state index contributed by atoms with van der Waals surface area (Å²) in [6.45, 7) is 13.0. The van der Waals surface area contributed by atoms with E-state index in [-0.39, 0.29) is 17.3 Å². The summed E-state index contributed by atoms with van der Waals surface area (Å²) in [5, 5.41) is 0. The Bertz CT molecular complexity index is 622. The van der Waals surface area contributed by atoms with Crippen LogP contribution in [0, 0.1) is 5.92 Å². The van der Waals surface area contributed by atoms with E-state index >= 15 is 0 Å². The lowest BCUT2D eigenvalue weighted by molar-refractivity contribution is 0.418. The Labute approximate surface area is 136 Å². The third kappa shape index (κ3) is 3.31. The van der Waals surface area contributed by atoms with E-state index in [4.69, 9.17) is 0 Å². The molecule has 0 amide bonds. The van der Waals surface area contributed by atoms with Gasteiger partial charge in [0, 0.05) is 8.07 Å². The maximum atomic E-state index is 12.9. The second kappa shape index (κ2) is 5.76. The van der Waals surface area contributed by atoms with Crippen molar-refractivity contribution in [2.75, 3.05) is 5.75 Å². The molecule has 1 aromatic carbocycles. The molecule has 1 aliphatic heterocycles. The molecule has 22 heavy (non-hydrogen) atoms. The molecule has 0 spiro atoms. The molecule has 0 saturated carbocycles. The quantitative estimate of drug-likeness (QED) is 0.577. The normalized spacial score (nSPS) is 28.9. The third-order valence-electron chi connectivity index (χ3n) is 4.89. The number of hydrogen-bond acceptors (Lipinski definition) is 2. The van der Waals surface area contributed by atoms with Crippen molar-refractivity contribution in [3.05, 3.63) is 35.9 Å². The molecule has 1 saturated heterocycles. The van der Waals surface area contributed by atoms with Crippen molar-refractivity contribution in [3.63, 3.8) is 0 Å². The van der Waals surface area contributed by atoms with Gasteiger partial charge in [-0.25, -0.2) is 8.42 Å². The predicted octanol–water partition coefficient (Wildman–Crippen LogP) is 4.13.